The van der Waals surface area contributed by atoms with Crippen molar-refractivity contribution < 1.29 is 9.47 Å². The molecule has 0 saturated carbocycles. The van der Waals surface area contributed by atoms with Crippen LogP contribution in [-0.2, 0) is 0 Å². The van der Waals surface area contributed by atoms with Gasteiger partial charge in [0.15, 0.2) is 8.07 Å². The van der Waals surface area contributed by atoms with Gasteiger partial charge >= 0.3 is 0 Å². The Hall–Kier alpha value is -6.14. The van der Waals surface area contributed by atoms with Gasteiger partial charge in [0.25, 0.3) is 6.71 Å². The molecule has 248 valence electrons. The van der Waals surface area contributed by atoms with Gasteiger partial charge in [0, 0.05) is 25.6 Å². The molecule has 2 aliphatic heterocycles. The fourth-order valence-corrected chi connectivity index (χ4v) is 15.6. The number of para-hydroxylation sites is 2. The van der Waals surface area contributed by atoms with Crippen molar-refractivity contribution in [3.8, 4) is 34.1 Å². The van der Waals surface area contributed by atoms with Crippen LogP contribution < -0.4 is 46.6 Å². The molecule has 9 aromatic rings. The van der Waals surface area contributed by atoms with Gasteiger partial charge < -0.3 is 9.47 Å². The van der Waals surface area contributed by atoms with Gasteiger partial charge in [0.2, 0.25) is 0 Å². The average Bonchev–Trinajstić information content (AvgIpc) is 3.62. The van der Waals surface area contributed by atoms with Crippen LogP contribution in [0.2, 0.25) is 0 Å². The molecule has 0 N–H and O–H groups in total. The van der Waals surface area contributed by atoms with Crippen molar-refractivity contribution in [2.75, 3.05) is 0 Å². The van der Waals surface area contributed by atoms with E-state index in [0.717, 1.165) is 34.0 Å². The molecule has 0 aliphatic carbocycles. The molecular weight excluding hydrogens is 679 g/mol. The standard InChI is InChI=1S/C48H31BO2SSi/c1-4-16-33(17-5-1)53(34-18-6-2-7-19-34,35-20-8-3-9-21-35)45-29-15-24-38-37-23-14-22-36(47(37)52-48(38)45)32-30-43-46-44(31-32)51-42-28-13-11-26-40(42)49(46)39-25-10-12-27-41(39)50-43/h1-31H. The molecule has 0 saturated heterocycles. The molecule has 0 radical (unpaired) electrons. The summed E-state index contributed by atoms with van der Waals surface area (Å²) in [4.78, 5) is 0. The first kappa shape index (κ1) is 30.5. The Kier molecular flexibility index (Phi) is 6.88. The van der Waals surface area contributed by atoms with Crippen LogP contribution in [0.25, 0.3) is 31.3 Å². The molecule has 1 aromatic heterocycles. The summed E-state index contributed by atoms with van der Waals surface area (Å²) in [5, 5.41) is 8.10. The maximum Gasteiger partial charge on any atom is 0.260 e. The normalized spacial score (nSPS) is 12.8. The molecule has 3 heterocycles. The second kappa shape index (κ2) is 12.0. The SMILES string of the molecule is c1ccc([Si](c2ccccc2)(c2ccccc2)c2cccc3c2sc2c(-c4cc5c6c(c4)Oc4ccccc4B6c4ccccc4O5)cccc23)cc1. The summed E-state index contributed by atoms with van der Waals surface area (Å²) in [5.74, 6) is 3.52. The number of thiophene rings is 1. The van der Waals surface area contributed by atoms with Gasteiger partial charge in [-0.3, -0.25) is 0 Å². The molecule has 0 unspecified atom stereocenters. The number of ether oxygens (including phenoxy) is 2. The van der Waals surface area contributed by atoms with Crippen molar-refractivity contribution in [1.29, 1.82) is 0 Å². The van der Waals surface area contributed by atoms with Crippen LogP contribution in [0, 0.1) is 0 Å². The third kappa shape index (κ3) is 4.51. The van der Waals surface area contributed by atoms with E-state index in [1.54, 1.807) is 0 Å². The van der Waals surface area contributed by atoms with Gasteiger partial charge in [-0.05, 0) is 67.1 Å². The van der Waals surface area contributed by atoms with Crippen molar-refractivity contribution in [3.05, 3.63) is 188 Å². The van der Waals surface area contributed by atoms with Crippen LogP contribution >= 0.6 is 11.3 Å². The van der Waals surface area contributed by atoms with Crippen LogP contribution in [0.1, 0.15) is 0 Å². The van der Waals surface area contributed by atoms with E-state index < -0.39 is 8.07 Å². The number of benzene rings is 8. The molecule has 0 fully saturated rings. The number of hydrogen-bond acceptors (Lipinski definition) is 3. The molecule has 0 amide bonds. The second-order valence-electron chi connectivity index (χ2n) is 13.9. The highest BCUT2D eigenvalue weighted by atomic mass is 32.1. The van der Waals surface area contributed by atoms with Crippen LogP contribution in [0.4, 0.5) is 0 Å². The van der Waals surface area contributed by atoms with Crippen LogP contribution in [0.15, 0.2) is 188 Å². The maximum atomic E-state index is 6.71. The largest absolute Gasteiger partial charge is 0.458 e. The van der Waals surface area contributed by atoms with E-state index in [4.69, 9.17) is 9.47 Å². The molecular formula is C48H31BO2SSi. The molecule has 2 nitrogen and oxygen atoms in total. The smallest absolute Gasteiger partial charge is 0.260 e. The number of rotatable bonds is 5. The highest BCUT2D eigenvalue weighted by molar-refractivity contribution is 7.31. The van der Waals surface area contributed by atoms with Crippen LogP contribution in [-0.4, -0.2) is 14.8 Å². The lowest BCUT2D eigenvalue weighted by molar-refractivity contribution is 0.465. The molecule has 0 atom stereocenters. The fraction of sp³-hybridized carbons (Fsp3) is 0. The van der Waals surface area contributed by atoms with E-state index in [2.05, 4.69) is 188 Å². The van der Waals surface area contributed by atoms with Gasteiger partial charge in [0.1, 0.15) is 23.0 Å². The third-order valence-corrected chi connectivity index (χ3v) is 17.4. The summed E-state index contributed by atoms with van der Waals surface area (Å²) in [6, 6.07) is 68.6. The lowest BCUT2D eigenvalue weighted by Gasteiger charge is -2.34. The summed E-state index contributed by atoms with van der Waals surface area (Å²) in [6.45, 7) is 0.0543. The summed E-state index contributed by atoms with van der Waals surface area (Å²) in [5.41, 5.74) is 5.72. The van der Waals surface area contributed by atoms with Gasteiger partial charge in [-0.1, -0.05) is 164 Å². The molecule has 8 aromatic carbocycles. The van der Waals surface area contributed by atoms with E-state index in [9.17, 15) is 0 Å². The van der Waals surface area contributed by atoms with E-state index in [0.29, 0.717) is 0 Å². The minimum absolute atomic E-state index is 0.0543. The zero-order chi connectivity index (χ0) is 34.9. The van der Waals surface area contributed by atoms with Crippen LogP contribution in [0.3, 0.4) is 0 Å². The highest BCUT2D eigenvalue weighted by Gasteiger charge is 2.43. The van der Waals surface area contributed by atoms with Crippen molar-refractivity contribution >= 4 is 83.4 Å². The summed E-state index contributed by atoms with van der Waals surface area (Å²) in [6.07, 6.45) is 0. The minimum Gasteiger partial charge on any atom is -0.458 e. The topological polar surface area (TPSA) is 18.5 Å². The number of hydrogen-bond donors (Lipinski definition) is 0. The molecule has 53 heavy (non-hydrogen) atoms. The maximum absolute atomic E-state index is 6.71. The first-order valence-corrected chi connectivity index (χ1v) is 20.9. The zero-order valence-corrected chi connectivity index (χ0v) is 30.5. The monoisotopic (exact) mass is 710 g/mol. The predicted molar refractivity (Wildman–Crippen MR) is 226 cm³/mol. The van der Waals surface area contributed by atoms with Crippen molar-refractivity contribution in [1.82, 2.24) is 0 Å². The Morgan fingerprint density at radius 2 is 0.887 bits per heavy atom. The van der Waals surface area contributed by atoms with E-state index in [1.807, 2.05) is 11.3 Å². The fourth-order valence-electron chi connectivity index (χ4n) is 8.92. The van der Waals surface area contributed by atoms with Gasteiger partial charge in [-0.2, -0.15) is 0 Å². The molecule has 5 heteroatoms. The Balaban J connectivity index is 1.17. The summed E-state index contributed by atoms with van der Waals surface area (Å²) < 4.78 is 16.0. The van der Waals surface area contributed by atoms with Gasteiger partial charge in [0.05, 0.1) is 0 Å². The van der Waals surface area contributed by atoms with Crippen molar-refractivity contribution in [2.45, 2.75) is 0 Å². The lowest BCUT2D eigenvalue weighted by atomic mass is 9.35. The van der Waals surface area contributed by atoms with Gasteiger partial charge in [-0.15, -0.1) is 11.3 Å². The first-order chi connectivity index (χ1) is 26.3. The van der Waals surface area contributed by atoms with E-state index in [-0.39, 0.29) is 6.71 Å². The Bertz CT molecular complexity index is 2690. The number of fused-ring (bicyclic) bond motifs is 7. The lowest BCUT2D eigenvalue weighted by Crippen LogP contribution is -2.74. The second-order valence-corrected chi connectivity index (χ2v) is 18.7. The quantitative estimate of drug-likeness (QED) is 0.134. The molecule has 0 bridgehead atoms. The Morgan fingerprint density at radius 3 is 1.43 bits per heavy atom. The van der Waals surface area contributed by atoms with E-state index in [1.165, 1.54) is 57.4 Å². The molecule has 11 rings (SSSR count). The van der Waals surface area contributed by atoms with Crippen molar-refractivity contribution in [2.24, 2.45) is 0 Å². The molecule has 2 aliphatic rings. The highest BCUT2D eigenvalue weighted by Crippen LogP contribution is 2.43. The predicted octanol–water partition coefficient (Wildman–Crippen LogP) is 7.83. The Labute approximate surface area is 313 Å². The molecule has 0 spiro atoms. The summed E-state index contributed by atoms with van der Waals surface area (Å²) in [7, 11) is -2.76. The summed E-state index contributed by atoms with van der Waals surface area (Å²) >= 11 is 1.92. The average molecular weight is 711 g/mol. The van der Waals surface area contributed by atoms with E-state index >= 15 is 0 Å². The van der Waals surface area contributed by atoms with Gasteiger partial charge in [-0.25, -0.2) is 0 Å². The third-order valence-electron chi connectivity index (χ3n) is 11.2. The Morgan fingerprint density at radius 1 is 0.415 bits per heavy atom. The zero-order valence-electron chi connectivity index (χ0n) is 28.7. The minimum atomic E-state index is -2.76. The first-order valence-electron chi connectivity index (χ1n) is 18.1. The van der Waals surface area contributed by atoms with Crippen LogP contribution in [0.5, 0.6) is 23.0 Å². The van der Waals surface area contributed by atoms with Crippen molar-refractivity contribution in [3.63, 3.8) is 0 Å².